The van der Waals surface area contributed by atoms with Crippen LogP contribution in [0.25, 0.3) is 0 Å². The minimum absolute atomic E-state index is 0.621. The zero-order valence-electron chi connectivity index (χ0n) is 12.1. The average Bonchev–Trinajstić information content (AvgIpc) is 2.49. The predicted octanol–water partition coefficient (Wildman–Crippen LogP) is 2.49. The molecule has 0 aliphatic heterocycles. The van der Waals surface area contributed by atoms with Crippen molar-refractivity contribution in [2.75, 3.05) is 31.3 Å². The number of aryl methyl sites for hydroxylation is 1. The van der Waals surface area contributed by atoms with Gasteiger partial charge in [-0.05, 0) is 25.0 Å². The summed E-state index contributed by atoms with van der Waals surface area (Å²) in [5, 5.41) is 6.28. The van der Waals surface area contributed by atoms with Crippen molar-refractivity contribution in [1.82, 2.24) is 9.97 Å². The number of rotatable bonds is 6. The number of methoxy groups -OCH3 is 1. The van der Waals surface area contributed by atoms with E-state index in [0.29, 0.717) is 5.95 Å². The van der Waals surface area contributed by atoms with Crippen molar-refractivity contribution < 1.29 is 4.74 Å². The van der Waals surface area contributed by atoms with Gasteiger partial charge < -0.3 is 15.4 Å². The second-order valence-electron chi connectivity index (χ2n) is 4.46. The van der Waals surface area contributed by atoms with Gasteiger partial charge in [0.1, 0.15) is 11.6 Å². The molecular formula is C15H20N4O. The number of nitrogens with zero attached hydrogens (tertiary/aromatic N) is 2. The van der Waals surface area contributed by atoms with E-state index < -0.39 is 0 Å². The molecule has 5 heteroatoms. The Bertz CT molecular complexity index is 572. The molecule has 0 amide bonds. The molecule has 2 aromatic rings. The van der Waals surface area contributed by atoms with Gasteiger partial charge in [0.2, 0.25) is 5.95 Å². The van der Waals surface area contributed by atoms with Crippen LogP contribution >= 0.6 is 0 Å². The number of benzene rings is 1. The third kappa shape index (κ3) is 3.38. The molecule has 1 aromatic carbocycles. The molecule has 1 aromatic heterocycles. The Morgan fingerprint density at radius 3 is 2.80 bits per heavy atom. The lowest BCUT2D eigenvalue weighted by Gasteiger charge is -2.11. The summed E-state index contributed by atoms with van der Waals surface area (Å²) in [6.45, 7) is 2.78. The lowest BCUT2D eigenvalue weighted by molar-refractivity contribution is 0.410. The van der Waals surface area contributed by atoms with E-state index in [9.17, 15) is 0 Å². The Morgan fingerprint density at radius 2 is 2.05 bits per heavy atom. The van der Waals surface area contributed by atoms with Gasteiger partial charge in [-0.3, -0.25) is 0 Å². The van der Waals surface area contributed by atoms with E-state index >= 15 is 0 Å². The van der Waals surface area contributed by atoms with Crippen LogP contribution in [0.2, 0.25) is 0 Å². The van der Waals surface area contributed by atoms with Crippen molar-refractivity contribution in [3.05, 3.63) is 41.6 Å². The molecule has 0 saturated heterocycles. The first kappa shape index (κ1) is 14.1. The quantitative estimate of drug-likeness (QED) is 0.846. The Kier molecular flexibility index (Phi) is 4.76. The van der Waals surface area contributed by atoms with Crippen molar-refractivity contribution in [3.8, 4) is 5.75 Å². The summed E-state index contributed by atoms with van der Waals surface area (Å²) in [5.74, 6) is 2.40. The molecule has 20 heavy (non-hydrogen) atoms. The van der Waals surface area contributed by atoms with Crippen LogP contribution in [-0.2, 0) is 6.42 Å². The number of para-hydroxylation sites is 1. The van der Waals surface area contributed by atoms with Gasteiger partial charge in [-0.1, -0.05) is 18.2 Å². The van der Waals surface area contributed by atoms with E-state index in [1.165, 1.54) is 5.56 Å². The van der Waals surface area contributed by atoms with Crippen molar-refractivity contribution in [1.29, 1.82) is 0 Å². The van der Waals surface area contributed by atoms with Gasteiger partial charge in [0, 0.05) is 25.4 Å². The van der Waals surface area contributed by atoms with E-state index in [-0.39, 0.29) is 0 Å². The van der Waals surface area contributed by atoms with Crippen LogP contribution in [0.3, 0.4) is 0 Å². The first-order valence-corrected chi connectivity index (χ1v) is 6.61. The molecule has 2 rings (SSSR count). The predicted molar refractivity (Wildman–Crippen MR) is 81.5 cm³/mol. The number of hydrogen-bond donors (Lipinski definition) is 2. The molecule has 0 saturated carbocycles. The summed E-state index contributed by atoms with van der Waals surface area (Å²) in [7, 11) is 3.50. The molecule has 0 radical (unpaired) electrons. The topological polar surface area (TPSA) is 59.1 Å². The summed E-state index contributed by atoms with van der Waals surface area (Å²) < 4.78 is 5.34. The highest BCUT2D eigenvalue weighted by molar-refractivity contribution is 5.46. The van der Waals surface area contributed by atoms with Crippen molar-refractivity contribution in [2.24, 2.45) is 0 Å². The second kappa shape index (κ2) is 6.75. The number of nitrogens with one attached hydrogen (secondary N) is 2. The van der Waals surface area contributed by atoms with E-state index in [1.54, 1.807) is 7.11 Å². The number of hydrogen-bond acceptors (Lipinski definition) is 5. The average molecular weight is 272 g/mol. The lowest BCUT2D eigenvalue weighted by atomic mass is 10.1. The summed E-state index contributed by atoms with van der Waals surface area (Å²) in [5.41, 5.74) is 2.21. The van der Waals surface area contributed by atoms with Crippen molar-refractivity contribution in [3.63, 3.8) is 0 Å². The molecule has 0 unspecified atom stereocenters. The van der Waals surface area contributed by atoms with E-state index in [1.807, 2.05) is 38.4 Å². The molecular weight excluding hydrogens is 252 g/mol. The monoisotopic (exact) mass is 272 g/mol. The van der Waals surface area contributed by atoms with Gasteiger partial charge >= 0.3 is 0 Å². The molecule has 0 fully saturated rings. The highest BCUT2D eigenvalue weighted by Crippen LogP contribution is 2.18. The van der Waals surface area contributed by atoms with Gasteiger partial charge in [0.25, 0.3) is 0 Å². The van der Waals surface area contributed by atoms with Gasteiger partial charge in [0.05, 0.1) is 7.11 Å². The van der Waals surface area contributed by atoms with Gasteiger partial charge in [-0.15, -0.1) is 0 Å². The highest BCUT2D eigenvalue weighted by Gasteiger charge is 2.04. The molecule has 0 bridgehead atoms. The molecule has 0 spiro atoms. The zero-order chi connectivity index (χ0) is 14.4. The van der Waals surface area contributed by atoms with Crippen LogP contribution in [0, 0.1) is 6.92 Å². The van der Waals surface area contributed by atoms with Crippen LogP contribution < -0.4 is 15.4 Å². The zero-order valence-corrected chi connectivity index (χ0v) is 12.1. The fraction of sp³-hybridized carbons (Fsp3) is 0.333. The largest absolute Gasteiger partial charge is 0.496 e. The second-order valence-corrected chi connectivity index (χ2v) is 4.46. The molecule has 106 valence electrons. The van der Waals surface area contributed by atoms with Gasteiger partial charge in [-0.25, -0.2) is 4.98 Å². The van der Waals surface area contributed by atoms with Crippen LogP contribution in [0.5, 0.6) is 5.75 Å². The maximum atomic E-state index is 5.34. The highest BCUT2D eigenvalue weighted by atomic mass is 16.5. The number of anilines is 2. The number of ether oxygens (including phenoxy) is 1. The van der Waals surface area contributed by atoms with E-state index in [4.69, 9.17) is 4.74 Å². The van der Waals surface area contributed by atoms with Crippen LogP contribution in [-0.4, -0.2) is 30.7 Å². The molecule has 0 aliphatic carbocycles. The minimum Gasteiger partial charge on any atom is -0.496 e. The van der Waals surface area contributed by atoms with E-state index in [0.717, 1.165) is 30.1 Å². The summed E-state index contributed by atoms with van der Waals surface area (Å²) >= 11 is 0. The Balaban J connectivity index is 1.99. The molecule has 1 heterocycles. The minimum atomic E-state index is 0.621. The first-order valence-electron chi connectivity index (χ1n) is 6.61. The SMILES string of the molecule is CNc1ncc(C)c(NCCc2ccccc2OC)n1. The normalized spacial score (nSPS) is 10.2. The van der Waals surface area contributed by atoms with E-state index in [2.05, 4.69) is 26.7 Å². The molecule has 0 atom stereocenters. The fourth-order valence-electron chi connectivity index (χ4n) is 1.97. The molecule has 2 N–H and O–H groups in total. The van der Waals surface area contributed by atoms with Gasteiger partial charge in [-0.2, -0.15) is 4.98 Å². The smallest absolute Gasteiger partial charge is 0.224 e. The lowest BCUT2D eigenvalue weighted by Crippen LogP contribution is -2.10. The first-order chi connectivity index (χ1) is 9.74. The maximum absolute atomic E-state index is 5.34. The Hall–Kier alpha value is -2.30. The van der Waals surface area contributed by atoms with Crippen molar-refractivity contribution in [2.45, 2.75) is 13.3 Å². The summed E-state index contributed by atoms with van der Waals surface area (Å²) in [6, 6.07) is 8.05. The summed E-state index contributed by atoms with van der Waals surface area (Å²) in [4.78, 5) is 8.57. The van der Waals surface area contributed by atoms with Gasteiger partial charge in [0.15, 0.2) is 0 Å². The third-order valence-corrected chi connectivity index (χ3v) is 3.07. The van der Waals surface area contributed by atoms with Crippen LogP contribution in [0.1, 0.15) is 11.1 Å². The van der Waals surface area contributed by atoms with Crippen molar-refractivity contribution >= 4 is 11.8 Å². The summed E-state index contributed by atoms with van der Waals surface area (Å²) in [6.07, 6.45) is 2.69. The molecule has 5 nitrogen and oxygen atoms in total. The third-order valence-electron chi connectivity index (χ3n) is 3.07. The van der Waals surface area contributed by atoms with Crippen LogP contribution in [0.15, 0.2) is 30.5 Å². The fourth-order valence-corrected chi connectivity index (χ4v) is 1.97. The maximum Gasteiger partial charge on any atom is 0.224 e. The molecule has 0 aliphatic rings. The van der Waals surface area contributed by atoms with Crippen LogP contribution in [0.4, 0.5) is 11.8 Å². The number of aromatic nitrogens is 2. The standard InChI is InChI=1S/C15H20N4O/c1-11-10-18-15(16-2)19-14(11)17-9-8-12-6-4-5-7-13(12)20-3/h4-7,10H,8-9H2,1-3H3,(H2,16,17,18,19). The Morgan fingerprint density at radius 1 is 1.25 bits per heavy atom. The Labute approximate surface area is 119 Å².